The van der Waals surface area contributed by atoms with Crippen LogP contribution in [0, 0.1) is 0 Å². The number of hydrogen-bond donors (Lipinski definition) is 3. The predicted molar refractivity (Wildman–Crippen MR) is 228 cm³/mol. The first-order chi connectivity index (χ1) is 29.1. The minimum Gasteiger partial charge on any atom is -0.489 e. The third-order valence-corrected chi connectivity index (χ3v) is 10.1. The summed E-state index contributed by atoms with van der Waals surface area (Å²) in [5.41, 5.74) is 3.60. The molecule has 0 aromatic heterocycles. The van der Waals surface area contributed by atoms with E-state index in [0.717, 1.165) is 16.7 Å². The van der Waals surface area contributed by atoms with Gasteiger partial charge in [-0.1, -0.05) is 121 Å². The van der Waals surface area contributed by atoms with Crippen LogP contribution in [0.2, 0.25) is 0 Å². The fraction of sp³-hybridized carbons (Fsp3) is 0.0625. The van der Waals surface area contributed by atoms with E-state index in [0.29, 0.717) is 37.1 Å². The number of carboxylic acids is 1. The normalized spacial score (nSPS) is 10.6. The molecule has 0 spiro atoms. The molecule has 7 aromatic rings. The maximum atomic E-state index is 13.3. The van der Waals surface area contributed by atoms with Gasteiger partial charge in [0.1, 0.15) is 42.0 Å². The fourth-order valence-electron chi connectivity index (χ4n) is 5.63. The molecule has 7 aromatic carbocycles. The molecule has 11 nitrogen and oxygen atoms in total. The monoisotopic (exact) mass is 820 g/mol. The van der Waals surface area contributed by atoms with Gasteiger partial charge < -0.3 is 24.6 Å². The Hall–Kier alpha value is -7.70. The van der Waals surface area contributed by atoms with Gasteiger partial charge in [-0.15, -0.1) is 0 Å². The summed E-state index contributed by atoms with van der Waals surface area (Å²) >= 11 is 0. The van der Waals surface area contributed by atoms with E-state index in [2.05, 4.69) is 10.0 Å². The zero-order chi connectivity index (χ0) is 42.2. The summed E-state index contributed by atoms with van der Waals surface area (Å²) in [6.45, 7) is 1.05. The summed E-state index contributed by atoms with van der Waals surface area (Å²) in [5.74, 6) is -0.864. The van der Waals surface area contributed by atoms with Crippen LogP contribution in [-0.4, -0.2) is 31.3 Å². The Morgan fingerprint density at radius 3 is 1.28 bits per heavy atom. The number of nitrogens with one attached hydrogen (secondary N) is 2. The lowest BCUT2D eigenvalue weighted by Gasteiger charge is -2.14. The molecule has 0 aliphatic carbocycles. The van der Waals surface area contributed by atoms with Crippen LogP contribution in [0.3, 0.4) is 0 Å². The second-order valence-electron chi connectivity index (χ2n) is 13.1. The number of ether oxygens (including phenoxy) is 3. The zero-order valence-electron chi connectivity index (χ0n) is 32.1. The van der Waals surface area contributed by atoms with Gasteiger partial charge in [-0.05, 0) is 83.4 Å². The summed E-state index contributed by atoms with van der Waals surface area (Å²) in [6.07, 6.45) is 0. The van der Waals surface area contributed by atoms with Gasteiger partial charge in [-0.3, -0.25) is 9.59 Å². The maximum Gasteiger partial charge on any atom is 0.335 e. The molecular formula is C48H40N2O9S. The molecule has 0 radical (unpaired) electrons. The van der Waals surface area contributed by atoms with Gasteiger partial charge in [0.05, 0.1) is 11.3 Å². The number of benzene rings is 7. The Balaban J connectivity index is 0.000000296. The van der Waals surface area contributed by atoms with Crippen LogP contribution in [0.15, 0.2) is 193 Å². The number of rotatable bonds is 15. The summed E-state index contributed by atoms with van der Waals surface area (Å²) in [4.78, 5) is 36.6. The number of sulfonamides is 1. The van der Waals surface area contributed by atoms with Crippen molar-refractivity contribution in [1.82, 2.24) is 4.72 Å². The van der Waals surface area contributed by atoms with Gasteiger partial charge >= 0.3 is 5.97 Å². The summed E-state index contributed by atoms with van der Waals surface area (Å²) in [5, 5.41) is 11.5. The van der Waals surface area contributed by atoms with Gasteiger partial charge in [-0.2, -0.15) is 0 Å². The summed E-state index contributed by atoms with van der Waals surface area (Å²) in [7, 11) is -4.36. The standard InChI is InChI=1S/C34H28N2O6S.C14H12O3/c37-33(27-15-9-17-29(21-27)41-23-25-11-3-1-4-12-25)35-31-19-7-8-20-32(31)43(39,40)36-34(38)28-16-10-18-30(22-28)42-24-26-13-5-2-6-14-26;15-14(16)12-7-4-8-13(9-12)17-10-11-5-2-1-3-6-11/h1-22H,23-24H2,(H,35,37)(H,36,38);1-9H,10H2,(H,15,16). The maximum absolute atomic E-state index is 13.3. The number of carboxylic acid groups (broad SMARTS) is 1. The molecule has 0 heterocycles. The first-order valence-electron chi connectivity index (χ1n) is 18.6. The van der Waals surface area contributed by atoms with Crippen molar-refractivity contribution in [2.45, 2.75) is 24.7 Å². The van der Waals surface area contributed by atoms with E-state index >= 15 is 0 Å². The third kappa shape index (κ3) is 12.4. The van der Waals surface area contributed by atoms with Crippen molar-refractivity contribution in [3.05, 3.63) is 221 Å². The van der Waals surface area contributed by atoms with Gasteiger partial charge in [-0.25, -0.2) is 17.9 Å². The first kappa shape index (κ1) is 41.9. The first-order valence-corrected chi connectivity index (χ1v) is 20.1. The number of anilines is 1. The number of carbonyl (C=O) groups excluding carboxylic acids is 2. The van der Waals surface area contributed by atoms with Gasteiger partial charge in [0.25, 0.3) is 21.8 Å². The van der Waals surface area contributed by atoms with E-state index in [-0.39, 0.29) is 27.3 Å². The molecule has 0 saturated heterocycles. The van der Waals surface area contributed by atoms with Crippen molar-refractivity contribution in [3.8, 4) is 17.2 Å². The van der Waals surface area contributed by atoms with E-state index in [4.69, 9.17) is 19.3 Å². The van der Waals surface area contributed by atoms with Crippen LogP contribution in [0.1, 0.15) is 47.8 Å². The van der Waals surface area contributed by atoms with Crippen LogP contribution in [0.5, 0.6) is 17.2 Å². The lowest BCUT2D eigenvalue weighted by atomic mass is 10.2. The Bertz CT molecular complexity index is 2640. The lowest BCUT2D eigenvalue weighted by Crippen LogP contribution is -2.31. The fourth-order valence-corrected chi connectivity index (χ4v) is 6.77. The van der Waals surface area contributed by atoms with Crippen molar-refractivity contribution >= 4 is 33.5 Å². The second kappa shape index (κ2) is 20.6. The Labute approximate surface area is 347 Å². The van der Waals surface area contributed by atoms with Gasteiger partial charge in [0, 0.05) is 11.1 Å². The highest BCUT2D eigenvalue weighted by Gasteiger charge is 2.23. The van der Waals surface area contributed by atoms with E-state index in [1.165, 1.54) is 42.5 Å². The molecule has 0 bridgehead atoms. The van der Waals surface area contributed by atoms with Crippen LogP contribution >= 0.6 is 0 Å². The van der Waals surface area contributed by atoms with Gasteiger partial charge in [0.2, 0.25) is 0 Å². The zero-order valence-corrected chi connectivity index (χ0v) is 33.0. The Morgan fingerprint density at radius 2 is 0.833 bits per heavy atom. The van der Waals surface area contributed by atoms with Crippen molar-refractivity contribution in [2.75, 3.05) is 5.32 Å². The van der Waals surface area contributed by atoms with E-state index < -0.39 is 27.8 Å². The highest BCUT2D eigenvalue weighted by atomic mass is 32.2. The summed E-state index contributed by atoms with van der Waals surface area (Å²) in [6, 6.07) is 54.0. The summed E-state index contributed by atoms with van der Waals surface area (Å²) < 4.78 is 45.8. The smallest absolute Gasteiger partial charge is 0.335 e. The highest BCUT2D eigenvalue weighted by Crippen LogP contribution is 2.24. The second-order valence-corrected chi connectivity index (χ2v) is 14.7. The quantitative estimate of drug-likeness (QED) is 0.0918. The highest BCUT2D eigenvalue weighted by molar-refractivity contribution is 7.90. The van der Waals surface area contributed by atoms with Gasteiger partial charge in [0.15, 0.2) is 0 Å². The molecule has 0 saturated carbocycles. The van der Waals surface area contributed by atoms with Crippen LogP contribution in [0.25, 0.3) is 0 Å². The van der Waals surface area contributed by atoms with Crippen molar-refractivity contribution in [1.29, 1.82) is 0 Å². The SMILES string of the molecule is O=C(Nc1ccccc1S(=O)(=O)NC(=O)c1cccc(OCc2ccccc2)c1)c1cccc(OCc2ccccc2)c1.O=C(O)c1cccc(OCc2ccccc2)c1. The number of carbonyl (C=O) groups is 3. The largest absolute Gasteiger partial charge is 0.489 e. The molecule has 0 aliphatic heterocycles. The van der Waals surface area contributed by atoms with Crippen molar-refractivity contribution in [3.63, 3.8) is 0 Å². The van der Waals surface area contributed by atoms with Crippen LogP contribution in [0.4, 0.5) is 5.69 Å². The van der Waals surface area contributed by atoms with Crippen molar-refractivity contribution < 1.29 is 42.1 Å². The molecule has 60 heavy (non-hydrogen) atoms. The van der Waals surface area contributed by atoms with E-state index in [9.17, 15) is 22.8 Å². The molecule has 2 amide bonds. The minimum absolute atomic E-state index is 0.0170. The molecule has 0 atom stereocenters. The molecule has 0 aliphatic rings. The third-order valence-electron chi connectivity index (χ3n) is 8.67. The number of hydrogen-bond acceptors (Lipinski definition) is 8. The molecule has 3 N–H and O–H groups in total. The Morgan fingerprint density at radius 1 is 0.450 bits per heavy atom. The molecule has 302 valence electrons. The average molecular weight is 821 g/mol. The van der Waals surface area contributed by atoms with Crippen LogP contribution < -0.4 is 24.2 Å². The molecular weight excluding hydrogens is 781 g/mol. The Kier molecular flexibility index (Phi) is 14.4. The molecule has 0 fully saturated rings. The molecule has 0 unspecified atom stereocenters. The molecule has 12 heteroatoms. The number of para-hydroxylation sites is 1. The number of aromatic carboxylic acids is 1. The topological polar surface area (TPSA) is 157 Å². The van der Waals surface area contributed by atoms with E-state index in [1.807, 2.05) is 91.0 Å². The van der Waals surface area contributed by atoms with Crippen molar-refractivity contribution in [2.24, 2.45) is 0 Å². The molecule has 7 rings (SSSR count). The lowest BCUT2D eigenvalue weighted by molar-refractivity contribution is 0.0695. The minimum atomic E-state index is -4.36. The number of amides is 2. The van der Waals surface area contributed by atoms with Crippen LogP contribution in [-0.2, 0) is 29.8 Å². The predicted octanol–water partition coefficient (Wildman–Crippen LogP) is 9.18. The van der Waals surface area contributed by atoms with E-state index in [1.54, 1.807) is 54.6 Å². The average Bonchev–Trinajstić information content (AvgIpc) is 3.28.